The predicted octanol–water partition coefficient (Wildman–Crippen LogP) is 6.42. The molecule has 0 aliphatic carbocycles. The molecular weight excluding hydrogens is 565 g/mol. The van der Waals surface area contributed by atoms with Crippen LogP contribution in [0.5, 0.6) is 34.5 Å². The summed E-state index contributed by atoms with van der Waals surface area (Å²) in [6, 6.07) is 12.6. The van der Waals surface area contributed by atoms with Crippen molar-refractivity contribution in [1.29, 1.82) is 0 Å². The van der Waals surface area contributed by atoms with Crippen LogP contribution in [0.25, 0.3) is 22.4 Å². The Kier molecular flexibility index (Phi) is 9.07. The largest absolute Gasteiger partial charge is 0.573 e. The van der Waals surface area contributed by atoms with Gasteiger partial charge in [-0.05, 0) is 47.5 Å². The van der Waals surface area contributed by atoms with Gasteiger partial charge in [-0.3, -0.25) is 10.1 Å². The van der Waals surface area contributed by atoms with Crippen LogP contribution in [0.4, 0.5) is 18.3 Å². The Bertz CT molecular complexity index is 1550. The highest BCUT2D eigenvalue weighted by molar-refractivity contribution is 7.22. The number of anilines is 1. The summed E-state index contributed by atoms with van der Waals surface area (Å²) in [6.07, 6.45) is -1.13. The average Bonchev–Trinajstić information content (AvgIpc) is 3.34. The smallest absolute Gasteiger partial charge is 0.493 e. The molecule has 1 heterocycles. The fourth-order valence-corrected chi connectivity index (χ4v) is 4.62. The Hall–Kier alpha value is -4.65. The van der Waals surface area contributed by atoms with Gasteiger partial charge in [-0.1, -0.05) is 29.6 Å². The van der Waals surface area contributed by atoms with Crippen LogP contribution in [0, 0.1) is 0 Å². The molecule has 0 bridgehead atoms. The lowest BCUT2D eigenvalue weighted by atomic mass is 10.1. The first-order chi connectivity index (χ1) is 19.6. The number of carbonyl (C=O) groups excluding carboxylic acids is 1. The first-order valence-electron chi connectivity index (χ1n) is 11.9. The lowest BCUT2D eigenvalue weighted by Gasteiger charge is -2.13. The van der Waals surface area contributed by atoms with Crippen molar-refractivity contribution < 1.29 is 46.4 Å². The minimum absolute atomic E-state index is 0.201. The molecule has 1 aromatic heterocycles. The fourth-order valence-electron chi connectivity index (χ4n) is 3.76. The van der Waals surface area contributed by atoms with E-state index in [0.29, 0.717) is 33.4 Å². The van der Waals surface area contributed by atoms with E-state index in [1.807, 2.05) is 18.2 Å². The fraction of sp³-hybridized carbons (Fsp3) is 0.214. The molecular formula is C28H25F3N2O7S. The van der Waals surface area contributed by atoms with E-state index < -0.39 is 18.0 Å². The number of thiazole rings is 1. The maximum Gasteiger partial charge on any atom is 0.573 e. The molecule has 0 unspecified atom stereocenters. The molecule has 0 aliphatic rings. The van der Waals surface area contributed by atoms with Crippen molar-refractivity contribution in [3.05, 3.63) is 59.7 Å². The third kappa shape index (κ3) is 7.51. The summed E-state index contributed by atoms with van der Waals surface area (Å²) in [5.41, 5.74) is 1.81. The second-order valence-electron chi connectivity index (χ2n) is 8.24. The molecule has 0 saturated heterocycles. The van der Waals surface area contributed by atoms with Crippen LogP contribution in [-0.2, 0) is 4.79 Å². The van der Waals surface area contributed by atoms with Crippen LogP contribution >= 0.6 is 11.3 Å². The van der Waals surface area contributed by atoms with Gasteiger partial charge in [-0.2, -0.15) is 0 Å². The number of amides is 1. The molecule has 9 nitrogen and oxygen atoms in total. The quantitative estimate of drug-likeness (QED) is 0.200. The Morgan fingerprint density at radius 1 is 0.854 bits per heavy atom. The standard InChI is InChI=1S/C28H25F3N2O7S/c1-35-20-9-7-16(5-6-17-12-22(36-2)26(38-4)23(13-17)37-3)11-21(20)39-15-25(34)33-27-32-19-14-18(40-28(29,30)31)8-10-24(19)41-27/h5-14H,15H2,1-4H3,(H,32,33,34)/b6-5-. The normalized spacial score (nSPS) is 11.4. The second kappa shape index (κ2) is 12.7. The van der Waals surface area contributed by atoms with Crippen molar-refractivity contribution in [3.63, 3.8) is 0 Å². The zero-order valence-corrected chi connectivity index (χ0v) is 23.1. The van der Waals surface area contributed by atoms with Crippen molar-refractivity contribution in [2.75, 3.05) is 40.4 Å². The van der Waals surface area contributed by atoms with E-state index in [1.165, 1.54) is 40.6 Å². The summed E-state index contributed by atoms with van der Waals surface area (Å²) >= 11 is 1.10. The molecule has 4 rings (SSSR count). The molecule has 4 aromatic rings. The van der Waals surface area contributed by atoms with Gasteiger partial charge in [0.1, 0.15) is 5.75 Å². The maximum absolute atomic E-state index is 12.6. The van der Waals surface area contributed by atoms with Crippen LogP contribution in [0.3, 0.4) is 0 Å². The van der Waals surface area contributed by atoms with E-state index in [4.69, 9.17) is 23.7 Å². The van der Waals surface area contributed by atoms with Gasteiger partial charge in [0, 0.05) is 6.07 Å². The first kappa shape index (κ1) is 29.3. The monoisotopic (exact) mass is 590 g/mol. The van der Waals surface area contributed by atoms with Crippen molar-refractivity contribution in [3.8, 4) is 34.5 Å². The van der Waals surface area contributed by atoms with Crippen molar-refractivity contribution >= 4 is 44.7 Å². The molecule has 0 aliphatic heterocycles. The van der Waals surface area contributed by atoms with Crippen LogP contribution in [-0.4, -0.2) is 52.3 Å². The number of fused-ring (bicyclic) bond motifs is 1. The summed E-state index contributed by atoms with van der Waals surface area (Å²) in [4.78, 5) is 16.7. The molecule has 1 N–H and O–H groups in total. The van der Waals surface area contributed by atoms with E-state index >= 15 is 0 Å². The number of hydrogen-bond donors (Lipinski definition) is 1. The summed E-state index contributed by atoms with van der Waals surface area (Å²) in [7, 11) is 6.08. The number of aromatic nitrogens is 1. The zero-order valence-electron chi connectivity index (χ0n) is 22.3. The molecule has 1 amide bonds. The van der Waals surface area contributed by atoms with Crippen LogP contribution in [0.15, 0.2) is 48.5 Å². The molecule has 3 aromatic carbocycles. The number of hydrogen-bond acceptors (Lipinski definition) is 9. The van der Waals surface area contributed by atoms with Crippen molar-refractivity contribution in [1.82, 2.24) is 4.98 Å². The molecule has 0 saturated carbocycles. The molecule has 41 heavy (non-hydrogen) atoms. The number of ether oxygens (including phenoxy) is 6. The summed E-state index contributed by atoms with van der Waals surface area (Å²) in [5.74, 6) is 1.34. The third-order valence-electron chi connectivity index (χ3n) is 5.54. The van der Waals surface area contributed by atoms with Gasteiger partial charge in [0.2, 0.25) is 5.75 Å². The number of benzene rings is 3. The number of carbonyl (C=O) groups is 1. The summed E-state index contributed by atoms with van der Waals surface area (Å²) in [5, 5.41) is 2.79. The topological polar surface area (TPSA) is 97.4 Å². The summed E-state index contributed by atoms with van der Waals surface area (Å²) < 4.78 is 69.2. The highest BCUT2D eigenvalue weighted by atomic mass is 32.1. The van der Waals surface area contributed by atoms with E-state index in [2.05, 4.69) is 15.0 Å². The zero-order chi connectivity index (χ0) is 29.6. The molecule has 0 fully saturated rings. The highest BCUT2D eigenvalue weighted by Gasteiger charge is 2.31. The number of nitrogens with one attached hydrogen (secondary N) is 1. The van der Waals surface area contributed by atoms with E-state index in [9.17, 15) is 18.0 Å². The average molecular weight is 591 g/mol. The second-order valence-corrected chi connectivity index (χ2v) is 9.27. The van der Waals surface area contributed by atoms with E-state index in [0.717, 1.165) is 28.5 Å². The molecule has 216 valence electrons. The number of rotatable bonds is 11. The van der Waals surface area contributed by atoms with Gasteiger partial charge < -0.3 is 28.4 Å². The Balaban J connectivity index is 1.44. The van der Waals surface area contributed by atoms with Gasteiger partial charge in [0.05, 0.1) is 38.7 Å². The van der Waals surface area contributed by atoms with E-state index in [1.54, 1.807) is 24.3 Å². The number of alkyl halides is 3. The number of halogens is 3. The lowest BCUT2D eigenvalue weighted by Crippen LogP contribution is -2.20. The van der Waals surface area contributed by atoms with E-state index in [-0.39, 0.29) is 17.3 Å². The Morgan fingerprint density at radius 3 is 2.15 bits per heavy atom. The van der Waals surface area contributed by atoms with Crippen LogP contribution in [0.1, 0.15) is 11.1 Å². The van der Waals surface area contributed by atoms with Crippen LogP contribution in [0.2, 0.25) is 0 Å². The molecule has 0 radical (unpaired) electrons. The van der Waals surface area contributed by atoms with Gasteiger partial charge in [0.15, 0.2) is 34.7 Å². The SMILES string of the molecule is COc1ccc(/C=C\c2cc(OC)c(OC)c(OC)c2)cc1OCC(=O)Nc1nc2cc(OC(F)(F)F)ccc2s1. The minimum atomic E-state index is -4.82. The predicted molar refractivity (Wildman–Crippen MR) is 148 cm³/mol. The molecule has 0 atom stereocenters. The third-order valence-corrected chi connectivity index (χ3v) is 6.49. The van der Waals surface area contributed by atoms with Gasteiger partial charge >= 0.3 is 6.36 Å². The van der Waals surface area contributed by atoms with Crippen molar-refractivity contribution in [2.24, 2.45) is 0 Å². The van der Waals surface area contributed by atoms with Crippen molar-refractivity contribution in [2.45, 2.75) is 6.36 Å². The Morgan fingerprint density at radius 2 is 1.51 bits per heavy atom. The lowest BCUT2D eigenvalue weighted by molar-refractivity contribution is -0.274. The molecule has 0 spiro atoms. The molecule has 13 heteroatoms. The Labute approximate surface area is 237 Å². The van der Waals surface area contributed by atoms with Gasteiger partial charge in [-0.15, -0.1) is 13.2 Å². The minimum Gasteiger partial charge on any atom is -0.493 e. The van der Waals surface area contributed by atoms with Crippen LogP contribution < -0.4 is 33.7 Å². The first-order valence-corrected chi connectivity index (χ1v) is 12.7. The van der Waals surface area contributed by atoms with Gasteiger partial charge in [0.25, 0.3) is 5.91 Å². The number of methoxy groups -OCH3 is 4. The summed E-state index contributed by atoms with van der Waals surface area (Å²) in [6.45, 7) is -0.366. The van der Waals surface area contributed by atoms with Gasteiger partial charge in [-0.25, -0.2) is 4.98 Å². The maximum atomic E-state index is 12.6. The number of nitrogens with zero attached hydrogens (tertiary/aromatic N) is 1. The highest BCUT2D eigenvalue weighted by Crippen LogP contribution is 2.39.